The predicted octanol–water partition coefficient (Wildman–Crippen LogP) is 1.92. The molecule has 1 fully saturated rings. The molecule has 0 spiro atoms. The third-order valence-corrected chi connectivity index (χ3v) is 2.83. The molecule has 0 aromatic heterocycles. The molecule has 0 amide bonds. The summed E-state index contributed by atoms with van der Waals surface area (Å²) in [7, 11) is 0. The maximum Gasteiger partial charge on any atom is 0.342 e. The molecule has 0 radical (unpaired) electrons. The van der Waals surface area contributed by atoms with Crippen LogP contribution < -0.4 is 4.74 Å². The topological polar surface area (TPSA) is 71.1 Å². The van der Waals surface area contributed by atoms with Crippen LogP contribution in [0.2, 0.25) is 0 Å². The Hall–Kier alpha value is -1.92. The Bertz CT molecular complexity index is 537. The fraction of sp³-hybridized carbons (Fsp3) is 0.467. The molecule has 1 aliphatic rings. The average molecular weight is 294 g/mol. The molecule has 6 nitrogen and oxygen atoms in total. The minimum Gasteiger partial charge on any atom is -0.459 e. The van der Waals surface area contributed by atoms with E-state index < -0.39 is 17.7 Å². The van der Waals surface area contributed by atoms with Crippen LogP contribution in [0.5, 0.6) is 5.75 Å². The molecule has 21 heavy (non-hydrogen) atoms. The monoisotopic (exact) mass is 294 g/mol. The van der Waals surface area contributed by atoms with Gasteiger partial charge in [-0.15, -0.1) is 0 Å². The van der Waals surface area contributed by atoms with E-state index in [0.717, 1.165) is 0 Å². The van der Waals surface area contributed by atoms with Gasteiger partial charge < -0.3 is 18.9 Å². The Labute approximate surface area is 122 Å². The molecule has 1 heterocycles. The van der Waals surface area contributed by atoms with Crippen LogP contribution in [0.3, 0.4) is 0 Å². The molecule has 1 saturated heterocycles. The molecule has 1 aliphatic heterocycles. The smallest absolute Gasteiger partial charge is 0.342 e. The molecule has 1 aromatic rings. The molecule has 114 valence electrons. The van der Waals surface area contributed by atoms with Gasteiger partial charge in [-0.2, -0.15) is 0 Å². The molecule has 1 aromatic carbocycles. The maximum absolute atomic E-state index is 12.1. The van der Waals surface area contributed by atoms with Gasteiger partial charge in [0, 0.05) is 6.92 Å². The Morgan fingerprint density at radius 2 is 2.05 bits per heavy atom. The lowest BCUT2D eigenvalue weighted by Gasteiger charge is -2.17. The molecule has 2 rings (SSSR count). The summed E-state index contributed by atoms with van der Waals surface area (Å²) in [6, 6.07) is 6.42. The van der Waals surface area contributed by atoms with Crippen molar-refractivity contribution < 1.29 is 28.5 Å². The van der Waals surface area contributed by atoms with Crippen LogP contribution in [0.1, 0.15) is 31.1 Å². The van der Waals surface area contributed by atoms with E-state index in [4.69, 9.17) is 18.9 Å². The predicted molar refractivity (Wildman–Crippen MR) is 72.9 cm³/mol. The van der Waals surface area contributed by atoms with Gasteiger partial charge in [-0.3, -0.25) is 4.79 Å². The van der Waals surface area contributed by atoms with Gasteiger partial charge in [-0.1, -0.05) is 12.1 Å². The van der Waals surface area contributed by atoms with E-state index in [0.29, 0.717) is 6.61 Å². The summed E-state index contributed by atoms with van der Waals surface area (Å²) in [4.78, 5) is 23.1. The van der Waals surface area contributed by atoms with Gasteiger partial charge in [0.1, 0.15) is 24.0 Å². The summed E-state index contributed by atoms with van der Waals surface area (Å²) in [6.45, 7) is 5.31. The van der Waals surface area contributed by atoms with Gasteiger partial charge in [-0.25, -0.2) is 4.79 Å². The van der Waals surface area contributed by atoms with E-state index in [2.05, 4.69) is 0 Å². The number of hydrogen-bond acceptors (Lipinski definition) is 6. The van der Waals surface area contributed by atoms with Crippen molar-refractivity contribution in [2.45, 2.75) is 32.7 Å². The Kier molecular flexibility index (Phi) is 4.59. The van der Waals surface area contributed by atoms with Crippen LogP contribution >= 0.6 is 0 Å². The summed E-state index contributed by atoms with van der Waals surface area (Å²) in [5.41, 5.74) is 0.200. The first-order chi connectivity index (χ1) is 9.87. The second-order valence-corrected chi connectivity index (χ2v) is 5.14. The number of rotatable bonds is 4. The Morgan fingerprint density at radius 3 is 2.67 bits per heavy atom. The number of benzene rings is 1. The minimum atomic E-state index is -0.660. The lowest BCUT2D eigenvalue weighted by Crippen LogP contribution is -2.25. The summed E-state index contributed by atoms with van der Waals surface area (Å²) < 4.78 is 21.1. The molecule has 1 unspecified atom stereocenters. The van der Waals surface area contributed by atoms with Crippen LogP contribution in [-0.2, 0) is 19.0 Å². The van der Waals surface area contributed by atoms with Crippen molar-refractivity contribution in [1.82, 2.24) is 0 Å². The van der Waals surface area contributed by atoms with Crippen molar-refractivity contribution in [3.63, 3.8) is 0 Å². The van der Waals surface area contributed by atoms with Gasteiger partial charge in [0.2, 0.25) is 0 Å². The van der Waals surface area contributed by atoms with Crippen LogP contribution in [0.25, 0.3) is 0 Å². The number of carbonyl (C=O) groups excluding carboxylic acids is 2. The first-order valence-corrected chi connectivity index (χ1v) is 6.64. The number of carbonyl (C=O) groups is 2. The van der Waals surface area contributed by atoms with E-state index >= 15 is 0 Å². The van der Waals surface area contributed by atoms with Crippen molar-refractivity contribution in [3.8, 4) is 5.75 Å². The van der Waals surface area contributed by atoms with Crippen LogP contribution in [0.4, 0.5) is 0 Å². The first-order valence-electron chi connectivity index (χ1n) is 6.64. The molecule has 0 bridgehead atoms. The highest BCUT2D eigenvalue weighted by Crippen LogP contribution is 2.23. The van der Waals surface area contributed by atoms with Gasteiger partial charge >= 0.3 is 11.9 Å². The Morgan fingerprint density at radius 1 is 1.33 bits per heavy atom. The van der Waals surface area contributed by atoms with Gasteiger partial charge in [0.25, 0.3) is 0 Å². The van der Waals surface area contributed by atoms with Crippen molar-refractivity contribution in [1.29, 1.82) is 0 Å². The lowest BCUT2D eigenvalue weighted by atomic mass is 10.2. The fourth-order valence-electron chi connectivity index (χ4n) is 1.97. The molecular weight excluding hydrogens is 276 g/mol. The molecular formula is C15H18O6. The van der Waals surface area contributed by atoms with Crippen molar-refractivity contribution in [2.24, 2.45) is 0 Å². The third kappa shape index (κ3) is 4.27. The first kappa shape index (κ1) is 15.5. The lowest BCUT2D eigenvalue weighted by molar-refractivity contribution is -0.142. The Balaban J connectivity index is 1.96. The largest absolute Gasteiger partial charge is 0.459 e. The van der Waals surface area contributed by atoms with Crippen LogP contribution in [0, 0.1) is 0 Å². The number of ether oxygens (including phenoxy) is 4. The zero-order chi connectivity index (χ0) is 15.5. The normalized spacial score (nSPS) is 20.0. The maximum atomic E-state index is 12.1. The third-order valence-electron chi connectivity index (χ3n) is 2.83. The van der Waals surface area contributed by atoms with E-state index in [1.165, 1.54) is 19.1 Å². The van der Waals surface area contributed by atoms with Gasteiger partial charge in [0.05, 0.1) is 6.61 Å². The van der Waals surface area contributed by atoms with Crippen molar-refractivity contribution in [3.05, 3.63) is 29.8 Å². The quantitative estimate of drug-likeness (QED) is 0.624. The van der Waals surface area contributed by atoms with E-state index in [9.17, 15) is 9.59 Å². The highest BCUT2D eigenvalue weighted by atomic mass is 16.7. The standard InChI is InChI=1S/C15H18O6/c1-10(16)20-13-7-5-4-6-12(13)14(17)18-8-11-9-19-15(2,3)21-11/h4-7,11H,8-9H2,1-3H3. The average Bonchev–Trinajstić information content (AvgIpc) is 2.75. The second kappa shape index (κ2) is 6.24. The molecule has 0 aliphatic carbocycles. The zero-order valence-corrected chi connectivity index (χ0v) is 12.3. The van der Waals surface area contributed by atoms with Crippen LogP contribution in [-0.4, -0.2) is 37.0 Å². The summed E-state index contributed by atoms with van der Waals surface area (Å²) in [5.74, 6) is -1.55. The van der Waals surface area contributed by atoms with E-state index in [1.807, 2.05) is 0 Å². The number of esters is 2. The minimum absolute atomic E-state index is 0.0800. The zero-order valence-electron chi connectivity index (χ0n) is 12.3. The number of para-hydroxylation sites is 1. The van der Waals surface area contributed by atoms with E-state index in [1.54, 1.807) is 26.0 Å². The highest BCUT2D eigenvalue weighted by Gasteiger charge is 2.33. The molecule has 0 N–H and O–H groups in total. The van der Waals surface area contributed by atoms with Crippen LogP contribution in [0.15, 0.2) is 24.3 Å². The summed E-state index contributed by atoms with van der Waals surface area (Å²) >= 11 is 0. The second-order valence-electron chi connectivity index (χ2n) is 5.14. The molecule has 0 saturated carbocycles. The van der Waals surface area contributed by atoms with Gasteiger partial charge in [-0.05, 0) is 26.0 Å². The fourth-order valence-corrected chi connectivity index (χ4v) is 1.97. The number of hydrogen-bond donors (Lipinski definition) is 0. The van der Waals surface area contributed by atoms with Crippen molar-refractivity contribution >= 4 is 11.9 Å². The molecule has 1 atom stereocenters. The molecule has 6 heteroatoms. The SMILES string of the molecule is CC(=O)Oc1ccccc1C(=O)OCC1COC(C)(C)O1. The highest BCUT2D eigenvalue weighted by molar-refractivity contribution is 5.93. The van der Waals surface area contributed by atoms with Gasteiger partial charge in [0.15, 0.2) is 5.79 Å². The summed E-state index contributed by atoms with van der Waals surface area (Å²) in [6.07, 6.45) is -0.301. The van der Waals surface area contributed by atoms with Crippen molar-refractivity contribution in [2.75, 3.05) is 13.2 Å². The van der Waals surface area contributed by atoms with E-state index in [-0.39, 0.29) is 24.0 Å². The summed E-state index contributed by atoms with van der Waals surface area (Å²) in [5, 5.41) is 0.